The summed E-state index contributed by atoms with van der Waals surface area (Å²) in [5, 5.41) is 0. The minimum atomic E-state index is 0.598. The van der Waals surface area contributed by atoms with Crippen molar-refractivity contribution in [3.05, 3.63) is 23.9 Å². The van der Waals surface area contributed by atoms with E-state index in [1.807, 2.05) is 0 Å². The largest absolute Gasteiger partial charge is 0.480 e. The summed E-state index contributed by atoms with van der Waals surface area (Å²) < 4.78 is 5.45. The van der Waals surface area contributed by atoms with Gasteiger partial charge in [-0.15, -0.1) is 0 Å². The molecule has 0 aromatic heterocycles. The van der Waals surface area contributed by atoms with Gasteiger partial charge in [0.15, 0.2) is 5.90 Å². The highest BCUT2D eigenvalue weighted by atomic mass is 16.5. The number of ether oxygens (including phenoxy) is 1. The van der Waals surface area contributed by atoms with Crippen molar-refractivity contribution in [3.63, 3.8) is 0 Å². The summed E-state index contributed by atoms with van der Waals surface area (Å²) in [4.78, 5) is 4.48. The first-order chi connectivity index (χ1) is 5.95. The molecule has 1 aliphatic carbocycles. The second-order valence-corrected chi connectivity index (χ2v) is 3.56. The fourth-order valence-corrected chi connectivity index (χ4v) is 2.26. The third-order valence-electron chi connectivity index (χ3n) is 2.89. The zero-order valence-electron chi connectivity index (χ0n) is 6.86. The van der Waals surface area contributed by atoms with Crippen molar-refractivity contribution in [1.29, 1.82) is 0 Å². The molecule has 2 heteroatoms. The quantitative estimate of drug-likeness (QED) is 0.531. The molecule has 2 unspecified atom stereocenters. The molecule has 3 aliphatic rings. The number of hydrogen-bond donors (Lipinski definition) is 0. The number of nitrogens with zero attached hydrogens (tertiary/aromatic N) is 1. The summed E-state index contributed by atoms with van der Waals surface area (Å²) >= 11 is 0. The highest BCUT2D eigenvalue weighted by Crippen LogP contribution is 2.40. The molecular weight excluding hydrogens is 150 g/mol. The van der Waals surface area contributed by atoms with E-state index < -0.39 is 0 Å². The Morgan fingerprint density at radius 2 is 2.42 bits per heavy atom. The molecule has 2 atom stereocenters. The number of fused-ring (bicyclic) bond motifs is 3. The predicted molar refractivity (Wildman–Crippen MR) is 46.8 cm³/mol. The Kier molecular flexibility index (Phi) is 1.20. The van der Waals surface area contributed by atoms with Crippen LogP contribution in [0.25, 0.3) is 0 Å². The van der Waals surface area contributed by atoms with Crippen LogP contribution in [0.3, 0.4) is 0 Å². The molecule has 2 nitrogen and oxygen atoms in total. The van der Waals surface area contributed by atoms with Crippen molar-refractivity contribution in [2.24, 2.45) is 16.8 Å². The molecule has 1 saturated heterocycles. The minimum Gasteiger partial charge on any atom is -0.480 e. The first-order valence-electron chi connectivity index (χ1n) is 4.53. The summed E-state index contributed by atoms with van der Waals surface area (Å²) in [5.74, 6) is 2.23. The second-order valence-electron chi connectivity index (χ2n) is 3.56. The smallest absolute Gasteiger partial charge is 0.192 e. The van der Waals surface area contributed by atoms with Gasteiger partial charge in [0, 0.05) is 17.5 Å². The number of rotatable bonds is 0. The SMILES string of the molecule is C1=CCC2C(=C1)N=C1OCCC12. The lowest BCUT2D eigenvalue weighted by atomic mass is 9.86. The Bertz CT molecular complexity index is 301. The van der Waals surface area contributed by atoms with E-state index in [0.717, 1.165) is 25.3 Å². The molecule has 62 valence electrons. The summed E-state index contributed by atoms with van der Waals surface area (Å²) in [5.41, 5.74) is 1.23. The monoisotopic (exact) mass is 161 g/mol. The van der Waals surface area contributed by atoms with Crippen LogP contribution in [-0.4, -0.2) is 12.5 Å². The Balaban J connectivity index is 2.02. The molecule has 2 heterocycles. The van der Waals surface area contributed by atoms with Crippen LogP contribution in [0, 0.1) is 11.8 Å². The van der Waals surface area contributed by atoms with Crippen LogP contribution >= 0.6 is 0 Å². The summed E-state index contributed by atoms with van der Waals surface area (Å²) in [6.45, 7) is 0.872. The van der Waals surface area contributed by atoms with Crippen molar-refractivity contribution < 1.29 is 4.74 Å². The molecule has 0 bridgehead atoms. The molecule has 0 aromatic rings. The van der Waals surface area contributed by atoms with E-state index in [1.165, 1.54) is 5.70 Å². The van der Waals surface area contributed by atoms with Crippen molar-refractivity contribution in [2.75, 3.05) is 6.61 Å². The predicted octanol–water partition coefficient (Wildman–Crippen LogP) is 1.89. The van der Waals surface area contributed by atoms with Crippen molar-refractivity contribution in [2.45, 2.75) is 12.8 Å². The molecule has 0 spiro atoms. The van der Waals surface area contributed by atoms with Crippen LogP contribution < -0.4 is 0 Å². The van der Waals surface area contributed by atoms with Gasteiger partial charge in [-0.25, -0.2) is 4.99 Å². The van der Waals surface area contributed by atoms with Crippen LogP contribution in [0.2, 0.25) is 0 Å². The highest BCUT2D eigenvalue weighted by molar-refractivity contribution is 5.85. The van der Waals surface area contributed by atoms with E-state index in [2.05, 4.69) is 23.2 Å². The van der Waals surface area contributed by atoms with Crippen LogP contribution in [0.15, 0.2) is 28.9 Å². The van der Waals surface area contributed by atoms with Gasteiger partial charge in [0.25, 0.3) is 0 Å². The maximum Gasteiger partial charge on any atom is 0.192 e. The first-order valence-corrected chi connectivity index (χ1v) is 4.53. The molecule has 0 saturated carbocycles. The van der Waals surface area contributed by atoms with Gasteiger partial charge in [-0.05, 0) is 18.9 Å². The average Bonchev–Trinajstić information content (AvgIpc) is 2.62. The van der Waals surface area contributed by atoms with Gasteiger partial charge in [0.1, 0.15) is 0 Å². The van der Waals surface area contributed by atoms with Crippen molar-refractivity contribution >= 4 is 5.90 Å². The van der Waals surface area contributed by atoms with Gasteiger partial charge < -0.3 is 4.74 Å². The fourth-order valence-electron chi connectivity index (χ4n) is 2.26. The van der Waals surface area contributed by atoms with E-state index in [1.54, 1.807) is 0 Å². The summed E-state index contributed by atoms with van der Waals surface area (Å²) in [6.07, 6.45) is 8.74. The van der Waals surface area contributed by atoms with Crippen molar-refractivity contribution in [3.8, 4) is 0 Å². The first kappa shape index (κ1) is 6.46. The molecule has 3 rings (SSSR count). The number of hydrogen-bond acceptors (Lipinski definition) is 2. The van der Waals surface area contributed by atoms with Gasteiger partial charge in [-0.1, -0.05) is 12.2 Å². The van der Waals surface area contributed by atoms with Crippen molar-refractivity contribution in [1.82, 2.24) is 0 Å². The van der Waals surface area contributed by atoms with E-state index >= 15 is 0 Å². The lowest BCUT2D eigenvalue weighted by Crippen LogP contribution is -2.13. The number of allylic oxidation sites excluding steroid dienone is 4. The third kappa shape index (κ3) is 0.724. The fraction of sp³-hybridized carbons (Fsp3) is 0.500. The summed E-state index contributed by atoms with van der Waals surface area (Å²) in [6, 6.07) is 0. The molecule has 0 aromatic carbocycles. The van der Waals surface area contributed by atoms with Crippen LogP contribution in [0.5, 0.6) is 0 Å². The Labute approximate surface area is 71.6 Å². The van der Waals surface area contributed by atoms with Crippen LogP contribution in [0.4, 0.5) is 0 Å². The maximum absolute atomic E-state index is 5.45. The molecule has 0 N–H and O–H groups in total. The molecule has 12 heavy (non-hydrogen) atoms. The zero-order chi connectivity index (χ0) is 7.97. The maximum atomic E-state index is 5.45. The zero-order valence-corrected chi connectivity index (χ0v) is 6.86. The molecule has 2 aliphatic heterocycles. The standard InChI is InChI=1S/C10H11NO/c1-2-4-9-7(3-1)8-5-6-12-10(8)11-9/h1-2,4,7-8H,3,5-6H2. The Morgan fingerprint density at radius 3 is 3.42 bits per heavy atom. The molecular formula is C10H11NO. The van der Waals surface area contributed by atoms with Gasteiger partial charge in [0.2, 0.25) is 0 Å². The molecule has 1 fully saturated rings. The van der Waals surface area contributed by atoms with Gasteiger partial charge in [-0.3, -0.25) is 0 Å². The van der Waals surface area contributed by atoms with Gasteiger partial charge in [0.05, 0.1) is 6.61 Å². The Hall–Kier alpha value is -1.05. The topological polar surface area (TPSA) is 21.6 Å². The van der Waals surface area contributed by atoms with Crippen LogP contribution in [-0.2, 0) is 4.74 Å². The lowest BCUT2D eigenvalue weighted by molar-refractivity contribution is 0.341. The normalized spacial score (nSPS) is 36.7. The Morgan fingerprint density at radius 1 is 1.42 bits per heavy atom. The van der Waals surface area contributed by atoms with Gasteiger partial charge in [-0.2, -0.15) is 0 Å². The molecule has 0 amide bonds. The van der Waals surface area contributed by atoms with E-state index in [9.17, 15) is 0 Å². The lowest BCUT2D eigenvalue weighted by Gasteiger charge is -2.15. The molecule has 0 radical (unpaired) electrons. The number of aliphatic imine (C=N–C) groups is 1. The van der Waals surface area contributed by atoms with E-state index in [0.29, 0.717) is 11.8 Å². The highest BCUT2D eigenvalue weighted by Gasteiger charge is 2.39. The second kappa shape index (κ2) is 2.22. The summed E-state index contributed by atoms with van der Waals surface area (Å²) in [7, 11) is 0. The van der Waals surface area contributed by atoms with E-state index in [-0.39, 0.29) is 0 Å². The van der Waals surface area contributed by atoms with Crippen LogP contribution in [0.1, 0.15) is 12.8 Å². The van der Waals surface area contributed by atoms with Gasteiger partial charge >= 0.3 is 0 Å². The minimum absolute atomic E-state index is 0.598. The third-order valence-corrected chi connectivity index (χ3v) is 2.89. The average molecular weight is 161 g/mol. The van der Waals surface area contributed by atoms with E-state index in [4.69, 9.17) is 4.74 Å².